The molecule has 0 unspecified atom stereocenters. The first-order chi connectivity index (χ1) is 13.3. The SMILES string of the molecule is NC(=O)c1ccsc1NC(=O)c1cccc(NS(=O)(=O)c2ccc(F)cc2)c1. The Morgan fingerprint density at radius 3 is 2.43 bits per heavy atom. The average molecular weight is 419 g/mol. The average Bonchev–Trinajstić information content (AvgIpc) is 3.10. The Hall–Kier alpha value is -3.24. The Labute approximate surface area is 164 Å². The molecule has 0 saturated heterocycles. The van der Waals surface area contributed by atoms with Crippen LogP contribution in [0.15, 0.2) is 64.9 Å². The van der Waals surface area contributed by atoms with Crippen LogP contribution in [0.4, 0.5) is 15.1 Å². The van der Waals surface area contributed by atoms with Crippen molar-refractivity contribution in [3.63, 3.8) is 0 Å². The van der Waals surface area contributed by atoms with Gasteiger partial charge in [-0.3, -0.25) is 14.3 Å². The number of hydrogen-bond acceptors (Lipinski definition) is 5. The second kappa shape index (κ2) is 7.79. The van der Waals surface area contributed by atoms with Crippen LogP contribution in [0.3, 0.4) is 0 Å². The molecule has 0 bridgehead atoms. The molecule has 0 saturated carbocycles. The molecular formula is C18H14FN3O4S2. The number of anilines is 2. The zero-order chi connectivity index (χ0) is 20.3. The van der Waals surface area contributed by atoms with Gasteiger partial charge >= 0.3 is 0 Å². The molecule has 28 heavy (non-hydrogen) atoms. The van der Waals surface area contributed by atoms with Crippen molar-refractivity contribution in [3.05, 3.63) is 76.9 Å². The third kappa shape index (κ3) is 4.35. The Balaban J connectivity index is 1.80. The van der Waals surface area contributed by atoms with Crippen molar-refractivity contribution < 1.29 is 22.4 Å². The van der Waals surface area contributed by atoms with E-state index in [1.165, 1.54) is 30.3 Å². The number of primary amides is 1. The number of hydrogen-bond donors (Lipinski definition) is 3. The molecule has 0 atom stereocenters. The van der Waals surface area contributed by atoms with E-state index >= 15 is 0 Å². The fraction of sp³-hybridized carbons (Fsp3) is 0. The van der Waals surface area contributed by atoms with E-state index in [0.717, 1.165) is 35.6 Å². The number of rotatable bonds is 6. The molecule has 1 aromatic heterocycles. The van der Waals surface area contributed by atoms with Crippen molar-refractivity contribution in [3.8, 4) is 0 Å². The van der Waals surface area contributed by atoms with Crippen LogP contribution in [0.25, 0.3) is 0 Å². The summed E-state index contributed by atoms with van der Waals surface area (Å²) in [6, 6.07) is 11.6. The van der Waals surface area contributed by atoms with Crippen LogP contribution in [0.5, 0.6) is 0 Å². The van der Waals surface area contributed by atoms with Crippen LogP contribution in [-0.2, 0) is 10.0 Å². The van der Waals surface area contributed by atoms with Crippen LogP contribution in [0.1, 0.15) is 20.7 Å². The Kier molecular flexibility index (Phi) is 5.43. The molecule has 0 radical (unpaired) electrons. The molecular weight excluding hydrogens is 405 g/mol. The lowest BCUT2D eigenvalue weighted by molar-refractivity contribution is 0.100. The summed E-state index contributed by atoms with van der Waals surface area (Å²) in [5.74, 6) is -1.76. The molecule has 3 rings (SSSR count). The van der Waals surface area contributed by atoms with Gasteiger partial charge in [-0.1, -0.05) is 6.07 Å². The number of nitrogens with two attached hydrogens (primary N) is 1. The van der Waals surface area contributed by atoms with Crippen molar-refractivity contribution in [1.29, 1.82) is 0 Å². The summed E-state index contributed by atoms with van der Waals surface area (Å²) in [6.45, 7) is 0. The number of nitrogens with one attached hydrogen (secondary N) is 2. The molecule has 7 nitrogen and oxygen atoms in total. The van der Waals surface area contributed by atoms with Crippen molar-refractivity contribution >= 4 is 43.9 Å². The van der Waals surface area contributed by atoms with E-state index in [0.29, 0.717) is 5.00 Å². The molecule has 144 valence electrons. The molecule has 2 aromatic carbocycles. The van der Waals surface area contributed by atoms with Crippen LogP contribution >= 0.6 is 11.3 Å². The van der Waals surface area contributed by atoms with Crippen LogP contribution in [0.2, 0.25) is 0 Å². The lowest BCUT2D eigenvalue weighted by atomic mass is 10.2. The van der Waals surface area contributed by atoms with E-state index in [1.54, 1.807) is 5.38 Å². The van der Waals surface area contributed by atoms with Gasteiger partial charge in [0.1, 0.15) is 10.8 Å². The summed E-state index contributed by atoms with van der Waals surface area (Å²) < 4.78 is 40.1. The summed E-state index contributed by atoms with van der Waals surface area (Å²) in [5, 5.41) is 4.49. The Bertz CT molecular complexity index is 1140. The molecule has 2 amide bonds. The number of benzene rings is 2. The second-order valence-electron chi connectivity index (χ2n) is 5.62. The maximum atomic E-state index is 13.0. The molecule has 10 heteroatoms. The molecule has 0 aliphatic rings. The molecule has 0 aliphatic carbocycles. The predicted molar refractivity (Wildman–Crippen MR) is 104 cm³/mol. The lowest BCUT2D eigenvalue weighted by Crippen LogP contribution is -2.17. The maximum absolute atomic E-state index is 13.0. The highest BCUT2D eigenvalue weighted by Gasteiger charge is 2.17. The fourth-order valence-corrected chi connectivity index (χ4v) is 4.16. The van der Waals surface area contributed by atoms with Gasteiger partial charge in [0, 0.05) is 11.3 Å². The van der Waals surface area contributed by atoms with Gasteiger partial charge < -0.3 is 11.1 Å². The van der Waals surface area contributed by atoms with Gasteiger partial charge in [0.25, 0.3) is 21.8 Å². The van der Waals surface area contributed by atoms with Crippen LogP contribution in [0, 0.1) is 5.82 Å². The van der Waals surface area contributed by atoms with E-state index in [4.69, 9.17) is 5.73 Å². The normalized spacial score (nSPS) is 11.0. The minimum atomic E-state index is -3.95. The third-order valence-electron chi connectivity index (χ3n) is 3.66. The van der Waals surface area contributed by atoms with Crippen LogP contribution < -0.4 is 15.8 Å². The number of sulfonamides is 1. The smallest absolute Gasteiger partial charge is 0.261 e. The highest BCUT2D eigenvalue weighted by atomic mass is 32.2. The summed E-state index contributed by atoms with van der Waals surface area (Å²) in [4.78, 5) is 23.7. The number of carbonyl (C=O) groups is 2. The number of thiophene rings is 1. The van der Waals surface area contributed by atoms with Crippen molar-refractivity contribution in [2.45, 2.75) is 4.90 Å². The summed E-state index contributed by atoms with van der Waals surface area (Å²) in [6.07, 6.45) is 0. The number of carbonyl (C=O) groups excluding carboxylic acids is 2. The standard InChI is InChI=1S/C18H14FN3O4S2/c19-12-4-6-14(7-5-12)28(25,26)22-13-3-1-2-11(10-13)17(24)21-18-15(16(20)23)8-9-27-18/h1-10,22H,(H2,20,23)(H,21,24). The first-order valence-electron chi connectivity index (χ1n) is 7.83. The summed E-state index contributed by atoms with van der Waals surface area (Å²) >= 11 is 1.14. The van der Waals surface area contributed by atoms with Crippen molar-refractivity contribution in [2.24, 2.45) is 5.73 Å². The number of amides is 2. The van der Waals surface area contributed by atoms with Gasteiger partial charge in [-0.05, 0) is 53.9 Å². The van der Waals surface area contributed by atoms with Gasteiger partial charge in [-0.15, -0.1) is 11.3 Å². The quantitative estimate of drug-likeness (QED) is 0.569. The van der Waals surface area contributed by atoms with Gasteiger partial charge in [-0.25, -0.2) is 12.8 Å². The summed E-state index contributed by atoms with van der Waals surface area (Å²) in [7, 11) is -3.95. The molecule has 1 heterocycles. The lowest BCUT2D eigenvalue weighted by Gasteiger charge is -2.10. The Morgan fingerprint density at radius 1 is 1.04 bits per heavy atom. The van der Waals surface area contributed by atoms with E-state index in [2.05, 4.69) is 10.0 Å². The Morgan fingerprint density at radius 2 is 1.75 bits per heavy atom. The predicted octanol–water partition coefficient (Wildman–Crippen LogP) is 3.04. The van der Waals surface area contributed by atoms with E-state index in [1.807, 2.05) is 0 Å². The minimum absolute atomic E-state index is 0.117. The minimum Gasteiger partial charge on any atom is -0.366 e. The zero-order valence-electron chi connectivity index (χ0n) is 14.2. The van der Waals surface area contributed by atoms with Gasteiger partial charge in [0.15, 0.2) is 0 Å². The van der Waals surface area contributed by atoms with Gasteiger partial charge in [0.2, 0.25) is 0 Å². The first kappa shape index (κ1) is 19.5. The highest BCUT2D eigenvalue weighted by molar-refractivity contribution is 7.92. The monoisotopic (exact) mass is 419 g/mol. The van der Waals surface area contributed by atoms with E-state index in [-0.39, 0.29) is 21.7 Å². The van der Waals surface area contributed by atoms with Gasteiger partial charge in [0.05, 0.1) is 10.5 Å². The largest absolute Gasteiger partial charge is 0.366 e. The summed E-state index contributed by atoms with van der Waals surface area (Å²) in [5.41, 5.74) is 5.76. The van der Waals surface area contributed by atoms with Crippen LogP contribution in [-0.4, -0.2) is 20.2 Å². The van der Waals surface area contributed by atoms with Gasteiger partial charge in [-0.2, -0.15) is 0 Å². The first-order valence-corrected chi connectivity index (χ1v) is 10.2. The molecule has 3 aromatic rings. The topological polar surface area (TPSA) is 118 Å². The van der Waals surface area contributed by atoms with Crippen molar-refractivity contribution in [1.82, 2.24) is 0 Å². The molecule has 0 spiro atoms. The van der Waals surface area contributed by atoms with E-state index < -0.39 is 27.7 Å². The van der Waals surface area contributed by atoms with Crippen molar-refractivity contribution in [2.75, 3.05) is 10.0 Å². The second-order valence-corrected chi connectivity index (χ2v) is 8.22. The third-order valence-corrected chi connectivity index (χ3v) is 5.89. The molecule has 4 N–H and O–H groups in total. The fourth-order valence-electron chi connectivity index (χ4n) is 2.33. The molecule has 0 aliphatic heterocycles. The maximum Gasteiger partial charge on any atom is 0.261 e. The zero-order valence-corrected chi connectivity index (χ0v) is 15.8. The molecule has 0 fully saturated rings. The van der Waals surface area contributed by atoms with E-state index in [9.17, 15) is 22.4 Å². The number of halogens is 1. The highest BCUT2D eigenvalue weighted by Crippen LogP contribution is 2.24.